The number of rotatable bonds is 8. The van der Waals surface area contributed by atoms with E-state index in [4.69, 9.17) is 5.73 Å². The van der Waals surface area contributed by atoms with Crippen molar-refractivity contribution in [3.63, 3.8) is 0 Å². The molecule has 10 nitrogen and oxygen atoms in total. The number of likely N-dealkylation sites (tertiary alicyclic amines) is 1. The van der Waals surface area contributed by atoms with Gasteiger partial charge in [0, 0.05) is 31.7 Å². The van der Waals surface area contributed by atoms with Crippen LogP contribution >= 0.6 is 11.3 Å². The third kappa shape index (κ3) is 5.06. The molecule has 1 aromatic carbocycles. The van der Waals surface area contributed by atoms with E-state index in [2.05, 4.69) is 21.4 Å². The molecule has 2 aromatic rings. The molecule has 6 N–H and O–H groups in total. The number of aliphatic hydroxyl groups is 3. The molecule has 0 aliphatic carbocycles. The molecule has 0 radical (unpaired) electrons. The van der Waals surface area contributed by atoms with Gasteiger partial charge in [0.15, 0.2) is 11.2 Å². The molecule has 0 saturated carbocycles. The monoisotopic (exact) mass is 502 g/mol. The minimum Gasteiger partial charge on any atom is -0.386 e. The van der Waals surface area contributed by atoms with Crippen molar-refractivity contribution in [3.8, 4) is 0 Å². The Labute approximate surface area is 209 Å². The van der Waals surface area contributed by atoms with Crippen molar-refractivity contribution in [2.45, 2.75) is 56.7 Å². The molecule has 2 unspecified atom stereocenters. The molecule has 1 aromatic heterocycles. The first-order valence-electron chi connectivity index (χ1n) is 11.7. The van der Waals surface area contributed by atoms with Crippen LogP contribution in [0.1, 0.15) is 44.0 Å². The Bertz CT molecular complexity index is 1060. The molecule has 1 fully saturated rings. The summed E-state index contributed by atoms with van der Waals surface area (Å²) in [7, 11) is 1.99. The molecule has 4 rings (SSSR count). The first-order chi connectivity index (χ1) is 16.6. The number of nitrogens with zero attached hydrogens (tertiary/aromatic N) is 4. The fraction of sp³-hybridized carbons (Fsp3) is 0.500. The molecular weight excluding hydrogens is 468 g/mol. The highest BCUT2D eigenvalue weighted by Crippen LogP contribution is 2.40. The minimum atomic E-state index is -1.81. The number of nitrogens with one attached hydrogen (secondary N) is 1. The zero-order chi connectivity index (χ0) is 25.3. The van der Waals surface area contributed by atoms with E-state index >= 15 is 0 Å². The zero-order valence-electron chi connectivity index (χ0n) is 20.2. The quantitative estimate of drug-likeness (QED) is 0.360. The molecule has 11 heteroatoms. The maximum atomic E-state index is 12.7. The van der Waals surface area contributed by atoms with Gasteiger partial charge in [-0.15, -0.1) is 11.3 Å². The predicted molar refractivity (Wildman–Crippen MR) is 135 cm³/mol. The molecule has 3 heterocycles. The smallest absolute Gasteiger partial charge is 0.252 e. The Hall–Kier alpha value is -2.54. The lowest BCUT2D eigenvalue weighted by atomic mass is 9.94. The van der Waals surface area contributed by atoms with Crippen molar-refractivity contribution in [3.05, 3.63) is 53.2 Å². The van der Waals surface area contributed by atoms with Gasteiger partial charge in [0.25, 0.3) is 5.91 Å². The lowest BCUT2D eigenvalue weighted by molar-refractivity contribution is -0.162. The van der Waals surface area contributed by atoms with Gasteiger partial charge in [-0.3, -0.25) is 14.7 Å². The lowest BCUT2D eigenvalue weighted by Gasteiger charge is -2.39. The number of hydrazine groups is 1. The van der Waals surface area contributed by atoms with Crippen LogP contribution in [0.25, 0.3) is 0 Å². The van der Waals surface area contributed by atoms with Gasteiger partial charge in [-0.1, -0.05) is 18.2 Å². The van der Waals surface area contributed by atoms with E-state index in [9.17, 15) is 20.1 Å². The Morgan fingerprint density at radius 2 is 1.97 bits per heavy atom. The van der Waals surface area contributed by atoms with Crippen molar-refractivity contribution in [1.82, 2.24) is 20.2 Å². The van der Waals surface area contributed by atoms with Crippen molar-refractivity contribution >= 4 is 28.1 Å². The molecule has 2 aliphatic heterocycles. The van der Waals surface area contributed by atoms with E-state index in [0.717, 1.165) is 24.2 Å². The van der Waals surface area contributed by atoms with Gasteiger partial charge in [0.2, 0.25) is 0 Å². The second-order valence-electron chi connectivity index (χ2n) is 9.38. The molecule has 0 bridgehead atoms. The van der Waals surface area contributed by atoms with E-state index in [-0.39, 0.29) is 0 Å². The molecule has 1 saturated heterocycles. The maximum absolute atomic E-state index is 12.7. The van der Waals surface area contributed by atoms with Crippen LogP contribution in [0.3, 0.4) is 0 Å². The van der Waals surface area contributed by atoms with Crippen LogP contribution in [0, 0.1) is 0 Å². The SMILES string of the molecule is C[C@@H](NC(=O)[C@H](O)[C@@H](O)C(O)N1CCCC1(C)c1csc(N)n1)c1ccc(N2C=CCN2C)cc1. The highest BCUT2D eigenvalue weighted by atomic mass is 32.1. The number of amides is 1. The average molecular weight is 503 g/mol. The van der Waals surface area contributed by atoms with Crippen molar-refractivity contribution in [2.75, 3.05) is 30.9 Å². The van der Waals surface area contributed by atoms with Crippen molar-refractivity contribution < 1.29 is 20.1 Å². The molecule has 35 heavy (non-hydrogen) atoms. The molecule has 2 aliphatic rings. The van der Waals surface area contributed by atoms with Gasteiger partial charge in [0.1, 0.15) is 12.3 Å². The molecule has 190 valence electrons. The van der Waals surface area contributed by atoms with Gasteiger partial charge in [0.05, 0.1) is 23.0 Å². The second kappa shape index (κ2) is 10.2. The summed E-state index contributed by atoms with van der Waals surface area (Å²) in [6.07, 6.45) is 0.587. The molecule has 1 amide bonds. The Morgan fingerprint density at radius 3 is 2.57 bits per heavy atom. The molecule has 0 spiro atoms. The summed E-state index contributed by atoms with van der Waals surface area (Å²) in [5, 5.41) is 41.3. The number of carbonyl (C=O) groups excluding carboxylic acids is 1. The van der Waals surface area contributed by atoms with Crippen LogP contribution in [0.4, 0.5) is 10.8 Å². The van der Waals surface area contributed by atoms with Gasteiger partial charge in [-0.05, 0) is 44.4 Å². The second-order valence-corrected chi connectivity index (χ2v) is 10.3. The van der Waals surface area contributed by atoms with E-state index < -0.39 is 35.9 Å². The van der Waals surface area contributed by atoms with Crippen LogP contribution in [0.5, 0.6) is 0 Å². The number of carbonyl (C=O) groups is 1. The van der Waals surface area contributed by atoms with Crippen LogP contribution in [-0.2, 0) is 10.3 Å². The van der Waals surface area contributed by atoms with Gasteiger partial charge in [-0.2, -0.15) is 0 Å². The normalized spacial score (nSPS) is 24.5. The summed E-state index contributed by atoms with van der Waals surface area (Å²) in [5.41, 5.74) is 7.69. The molecular formula is C24H34N6O4S. The number of hydrogen-bond acceptors (Lipinski definition) is 10. The average Bonchev–Trinajstić information content (AvgIpc) is 3.58. The van der Waals surface area contributed by atoms with E-state index in [1.54, 1.807) is 11.8 Å². The number of likely N-dealkylation sites (N-methyl/N-ethyl adjacent to an activating group) is 1. The number of nitrogens with two attached hydrogens (primary N) is 1. The number of anilines is 2. The Morgan fingerprint density at radius 1 is 1.26 bits per heavy atom. The highest BCUT2D eigenvalue weighted by molar-refractivity contribution is 7.13. The third-order valence-electron chi connectivity index (χ3n) is 6.99. The topological polar surface area (TPSA) is 138 Å². The Balaban J connectivity index is 1.38. The first-order valence-corrected chi connectivity index (χ1v) is 12.6. The number of aliphatic hydroxyl groups excluding tert-OH is 3. The fourth-order valence-electron chi connectivity index (χ4n) is 4.80. The van der Waals surface area contributed by atoms with Crippen LogP contribution in [-0.4, -0.2) is 74.7 Å². The van der Waals surface area contributed by atoms with Crippen LogP contribution in [0.2, 0.25) is 0 Å². The largest absolute Gasteiger partial charge is 0.386 e. The predicted octanol–water partition coefficient (Wildman–Crippen LogP) is 1.13. The summed E-state index contributed by atoms with van der Waals surface area (Å²) in [5.74, 6) is -0.755. The summed E-state index contributed by atoms with van der Waals surface area (Å²) >= 11 is 1.31. The highest BCUT2D eigenvalue weighted by Gasteiger charge is 2.47. The number of aromatic nitrogens is 1. The summed E-state index contributed by atoms with van der Waals surface area (Å²) in [4.78, 5) is 18.8. The Kier molecular flexibility index (Phi) is 7.46. The molecule has 5 atom stereocenters. The van der Waals surface area contributed by atoms with E-state index in [1.807, 2.05) is 54.8 Å². The standard InChI is InChI=1S/C24H34N6O4S/c1-15(16-6-8-17(9-7-16)30-13-5-11-28(30)3)26-21(33)19(31)20(32)22(34)29-12-4-10-24(29,2)18-14-35-23(25)27-18/h5-9,13-15,19-20,22,31-32,34H,4,10-12H2,1-3H3,(H2,25,27)(H,26,33)/t15-,19-,20-,22?,24?/m1/s1. The van der Waals surface area contributed by atoms with Crippen molar-refractivity contribution in [1.29, 1.82) is 0 Å². The number of thiazole rings is 1. The van der Waals surface area contributed by atoms with Gasteiger partial charge < -0.3 is 26.4 Å². The van der Waals surface area contributed by atoms with Crippen LogP contribution < -0.4 is 16.1 Å². The van der Waals surface area contributed by atoms with E-state index in [0.29, 0.717) is 23.8 Å². The van der Waals surface area contributed by atoms with Crippen molar-refractivity contribution in [2.24, 2.45) is 0 Å². The third-order valence-corrected chi connectivity index (χ3v) is 7.66. The summed E-state index contributed by atoms with van der Waals surface area (Å²) in [6, 6.07) is 7.33. The zero-order valence-corrected chi connectivity index (χ0v) is 21.0. The lowest BCUT2D eigenvalue weighted by Crippen LogP contribution is -2.56. The summed E-state index contributed by atoms with van der Waals surface area (Å²) in [6.45, 7) is 5.05. The minimum absolute atomic E-state index is 0.405. The summed E-state index contributed by atoms with van der Waals surface area (Å²) < 4.78 is 0. The number of nitrogen functional groups attached to an aromatic ring is 1. The number of hydrogen-bond donors (Lipinski definition) is 5. The van der Waals surface area contributed by atoms with Gasteiger partial charge in [-0.25, -0.2) is 9.99 Å². The maximum Gasteiger partial charge on any atom is 0.252 e. The van der Waals surface area contributed by atoms with Crippen LogP contribution in [0.15, 0.2) is 41.9 Å². The van der Waals surface area contributed by atoms with Gasteiger partial charge >= 0.3 is 0 Å². The first kappa shape index (κ1) is 25.5. The fourth-order valence-corrected chi connectivity index (χ4v) is 5.49. The number of benzene rings is 1. The van der Waals surface area contributed by atoms with E-state index in [1.165, 1.54) is 11.3 Å².